The summed E-state index contributed by atoms with van der Waals surface area (Å²) >= 11 is 6.36. The summed E-state index contributed by atoms with van der Waals surface area (Å²) in [5, 5.41) is 15.9. The van der Waals surface area contributed by atoms with Gasteiger partial charge in [0.2, 0.25) is 11.8 Å². The second-order valence-corrected chi connectivity index (χ2v) is 23.1. The fourth-order valence-corrected chi connectivity index (χ4v) is 12.5. The van der Waals surface area contributed by atoms with Crippen molar-refractivity contribution in [2.45, 2.75) is 76.7 Å². The van der Waals surface area contributed by atoms with Crippen molar-refractivity contribution >= 4 is 51.0 Å². The molecule has 2 aliphatic heterocycles. The molecule has 14 rings (SSSR count). The minimum atomic E-state index is -0.790. The molecule has 0 aliphatic carbocycles. The van der Waals surface area contributed by atoms with Crippen molar-refractivity contribution < 1.29 is 19.1 Å². The number of anilines is 1. The fourth-order valence-electron chi connectivity index (χ4n) is 12.4. The number of carbonyl (C=O) groups excluding carboxylic acids is 2. The maximum Gasteiger partial charge on any atom is 0.228 e. The molecule has 12 nitrogen and oxygen atoms in total. The molecule has 0 spiro atoms. The number of benzene rings is 8. The maximum atomic E-state index is 12.6. The van der Waals surface area contributed by atoms with Crippen LogP contribution in [0.15, 0.2) is 255 Å². The molecule has 89 heavy (non-hydrogen) atoms. The molecule has 12 aromatic rings. The van der Waals surface area contributed by atoms with Crippen molar-refractivity contribution in [3.8, 4) is 34.0 Å². The lowest BCUT2D eigenvalue weighted by Gasteiger charge is -2.37. The molecular weight excluding hydrogens is 1120 g/mol. The van der Waals surface area contributed by atoms with Gasteiger partial charge in [-0.3, -0.25) is 14.5 Å². The number of nitrogens with one attached hydrogen (secondary N) is 1. The average molecular weight is 1190 g/mol. The van der Waals surface area contributed by atoms with Crippen LogP contribution in [0.3, 0.4) is 0 Å². The van der Waals surface area contributed by atoms with E-state index in [2.05, 4.69) is 195 Å². The van der Waals surface area contributed by atoms with Crippen molar-refractivity contribution in [3.63, 3.8) is 0 Å². The number of pyridine rings is 2. The zero-order chi connectivity index (χ0) is 61.3. The Morgan fingerprint density at radius 3 is 1.18 bits per heavy atom. The van der Waals surface area contributed by atoms with E-state index >= 15 is 0 Å². The second-order valence-electron chi connectivity index (χ2n) is 22.7. The van der Waals surface area contributed by atoms with Crippen LogP contribution >= 0.6 is 11.6 Å². The minimum Gasteiger partial charge on any atom is -0.491 e. The normalized spacial score (nSPS) is 13.3. The Morgan fingerprint density at radius 2 is 0.854 bits per heavy atom. The predicted octanol–water partition coefficient (Wildman–Crippen LogP) is 16.1. The molecule has 4 aromatic heterocycles. The summed E-state index contributed by atoms with van der Waals surface area (Å²) in [6.45, 7) is 9.68. The number of halogens is 1. The highest BCUT2D eigenvalue weighted by atomic mass is 35.5. The van der Waals surface area contributed by atoms with Gasteiger partial charge in [-0.2, -0.15) is 10.2 Å². The van der Waals surface area contributed by atoms with Crippen LogP contribution in [0.1, 0.15) is 86.8 Å². The number of ether oxygens (including phenoxy) is 2. The molecule has 6 heterocycles. The van der Waals surface area contributed by atoms with Gasteiger partial charge in [-0.05, 0) is 135 Å². The molecule has 1 N–H and O–H groups in total. The monoisotopic (exact) mass is 1190 g/mol. The molecular formula is C76H69ClN8O4. The van der Waals surface area contributed by atoms with Gasteiger partial charge in [0.15, 0.2) is 0 Å². The van der Waals surface area contributed by atoms with Gasteiger partial charge >= 0.3 is 0 Å². The number of carbonyl (C=O) groups is 2. The van der Waals surface area contributed by atoms with E-state index in [-0.39, 0.29) is 24.0 Å². The lowest BCUT2D eigenvalue weighted by atomic mass is 9.77. The summed E-state index contributed by atoms with van der Waals surface area (Å²) in [6, 6.07) is 83.6. The second kappa shape index (κ2) is 26.4. The topological polar surface area (TPSA) is 129 Å². The summed E-state index contributed by atoms with van der Waals surface area (Å²) in [6.07, 6.45) is 6.72. The Hall–Kier alpha value is -10.2. The fraction of sp³-hybridized carbons (Fsp3) is 0.184. The van der Waals surface area contributed by atoms with Crippen LogP contribution in [-0.4, -0.2) is 66.6 Å². The molecule has 13 heteroatoms. The lowest BCUT2D eigenvalue weighted by Crippen LogP contribution is -2.38. The predicted molar refractivity (Wildman–Crippen MR) is 356 cm³/mol. The van der Waals surface area contributed by atoms with Crippen LogP contribution < -0.4 is 19.7 Å². The summed E-state index contributed by atoms with van der Waals surface area (Å²) in [5.74, 6) is 2.54. The first-order valence-corrected chi connectivity index (χ1v) is 30.8. The highest BCUT2D eigenvalue weighted by molar-refractivity contribution is 6.29. The molecule has 0 saturated carbocycles. The number of rotatable bonds is 15. The van der Waals surface area contributed by atoms with Crippen LogP contribution in [0.5, 0.6) is 11.5 Å². The summed E-state index contributed by atoms with van der Waals surface area (Å²) in [7, 11) is 0. The van der Waals surface area contributed by atoms with Crippen molar-refractivity contribution in [1.29, 1.82) is 0 Å². The average Bonchev–Trinajstić information content (AvgIpc) is 1.73. The lowest BCUT2D eigenvalue weighted by molar-refractivity contribution is -0.119. The molecule has 0 radical (unpaired) electrons. The number of aromatic nitrogens is 6. The standard InChI is InChI=1S/C38H34N4O2.C34H28ClN3O.C4H7NO/c1-27(2)44-32-20-21-34-33(26-32)37(28-22-23-39-35(25-28)41-24-12-19-36(41)43)40-42(34)38(29-13-6-3-7-14-29,30-15-8-4-9-16-30)31-17-10-5-11-18-31;1-24(2)39-29-18-19-31-30(23-29)33(25-20-21-36-32(35)22-25)37-38(31)34(26-12-6-3-7-13-26,27-14-8-4-9-15-27)28-16-10-5-11-17-28;6-4-2-1-3-5-4/h3-11,13-18,20-23,25-27H,12,19,24H2,1-2H3;3-24H,1-2H3;1-3H2,(H,5,6). The third kappa shape index (κ3) is 12.0. The number of hydrogen-bond donors (Lipinski definition) is 1. The molecule has 2 aliphatic rings. The first-order valence-electron chi connectivity index (χ1n) is 30.4. The number of fused-ring (bicyclic) bond motifs is 2. The molecule has 2 saturated heterocycles. The van der Waals surface area contributed by atoms with Crippen LogP contribution in [0, 0.1) is 0 Å². The quantitative estimate of drug-likeness (QED) is 0.0794. The molecule has 0 unspecified atom stereocenters. The van der Waals surface area contributed by atoms with Crippen molar-refractivity contribution in [1.82, 2.24) is 34.8 Å². The molecule has 444 valence electrons. The van der Waals surface area contributed by atoms with E-state index in [0.29, 0.717) is 23.9 Å². The molecule has 8 aromatic carbocycles. The Balaban J connectivity index is 0.000000159. The van der Waals surface area contributed by atoms with Gasteiger partial charge in [0.25, 0.3) is 0 Å². The summed E-state index contributed by atoms with van der Waals surface area (Å²) < 4.78 is 16.6. The van der Waals surface area contributed by atoms with Gasteiger partial charge < -0.3 is 14.8 Å². The largest absolute Gasteiger partial charge is 0.491 e. The van der Waals surface area contributed by atoms with Gasteiger partial charge in [0, 0.05) is 60.2 Å². The smallest absolute Gasteiger partial charge is 0.228 e. The zero-order valence-corrected chi connectivity index (χ0v) is 51.0. The highest BCUT2D eigenvalue weighted by Crippen LogP contribution is 2.47. The summed E-state index contributed by atoms with van der Waals surface area (Å²) in [5.41, 5.74) is 10.4. The first-order chi connectivity index (χ1) is 43.5. The molecule has 2 amide bonds. The van der Waals surface area contributed by atoms with E-state index in [4.69, 9.17) is 31.3 Å². The van der Waals surface area contributed by atoms with Crippen molar-refractivity contribution in [3.05, 3.63) is 294 Å². The maximum absolute atomic E-state index is 12.6. The van der Waals surface area contributed by atoms with E-state index in [1.54, 1.807) is 17.3 Å². The highest BCUT2D eigenvalue weighted by Gasteiger charge is 2.43. The van der Waals surface area contributed by atoms with Gasteiger partial charge in [0.05, 0.1) is 23.2 Å². The molecule has 2 fully saturated rings. The van der Waals surface area contributed by atoms with Crippen molar-refractivity contribution in [2.75, 3.05) is 18.0 Å². The Bertz CT molecular complexity index is 4170. The van der Waals surface area contributed by atoms with Gasteiger partial charge in [-0.1, -0.05) is 194 Å². The number of hydrogen-bond acceptors (Lipinski definition) is 8. The SMILES string of the molecule is CC(C)Oc1ccc2c(c1)c(-c1ccnc(Cl)c1)nn2C(c1ccccc1)(c1ccccc1)c1ccccc1.CC(C)Oc1ccc2c(c1)c(-c1ccnc(N3CCCC3=O)c1)nn2C(c1ccccc1)(c1ccccc1)c1ccccc1.O=C1CCCN1. The van der Waals surface area contributed by atoms with Gasteiger partial charge in [-0.25, -0.2) is 19.3 Å². The summed E-state index contributed by atoms with van der Waals surface area (Å²) in [4.78, 5) is 33.3. The van der Waals surface area contributed by atoms with E-state index in [1.165, 1.54) is 0 Å². The Morgan fingerprint density at radius 1 is 0.461 bits per heavy atom. The Labute approximate surface area is 524 Å². The van der Waals surface area contributed by atoms with Crippen LogP contribution in [0.2, 0.25) is 5.15 Å². The first kappa shape index (κ1) is 59.2. The van der Waals surface area contributed by atoms with E-state index in [0.717, 1.165) is 115 Å². The van der Waals surface area contributed by atoms with E-state index in [9.17, 15) is 9.59 Å². The van der Waals surface area contributed by atoms with Gasteiger partial charge in [-0.15, -0.1) is 0 Å². The van der Waals surface area contributed by atoms with Crippen LogP contribution in [-0.2, 0) is 20.7 Å². The third-order valence-electron chi connectivity index (χ3n) is 16.1. The number of amides is 2. The molecule has 0 atom stereocenters. The minimum absolute atomic E-state index is 0.0247. The van der Waals surface area contributed by atoms with E-state index in [1.807, 2.05) is 100 Å². The van der Waals surface area contributed by atoms with Gasteiger partial charge in [0.1, 0.15) is 44.9 Å². The third-order valence-corrected chi connectivity index (χ3v) is 16.3. The molecule has 0 bridgehead atoms. The van der Waals surface area contributed by atoms with Crippen LogP contribution in [0.25, 0.3) is 44.3 Å². The zero-order valence-electron chi connectivity index (χ0n) is 50.3. The van der Waals surface area contributed by atoms with Crippen LogP contribution in [0.4, 0.5) is 5.82 Å². The van der Waals surface area contributed by atoms with Crippen molar-refractivity contribution in [2.24, 2.45) is 0 Å². The Kier molecular flexibility index (Phi) is 17.6. The number of nitrogens with zero attached hydrogens (tertiary/aromatic N) is 7. The van der Waals surface area contributed by atoms with E-state index < -0.39 is 11.1 Å².